The predicted molar refractivity (Wildman–Crippen MR) is 87.7 cm³/mol. The van der Waals surface area contributed by atoms with E-state index in [2.05, 4.69) is 0 Å². The second-order valence-electron chi connectivity index (χ2n) is 7.11. The number of ketones is 1. The molecule has 0 unspecified atom stereocenters. The van der Waals surface area contributed by atoms with Gasteiger partial charge >= 0.3 is 5.97 Å². The number of phenolic OH excluding ortho intramolecular Hbond substituents is 1. The molecule has 0 heterocycles. The summed E-state index contributed by atoms with van der Waals surface area (Å²) in [6, 6.07) is 2.69. The van der Waals surface area contributed by atoms with Crippen molar-refractivity contribution in [2.24, 2.45) is 11.8 Å². The lowest BCUT2D eigenvalue weighted by Crippen LogP contribution is -2.63. The number of carbonyl (C=O) groups is 2. The summed E-state index contributed by atoms with van der Waals surface area (Å²) in [7, 11) is 1.38. The highest BCUT2D eigenvalue weighted by Gasteiger charge is 2.59. The maximum Gasteiger partial charge on any atom is 0.303 e. The third-order valence-corrected chi connectivity index (χ3v) is 5.48. The number of Topliss-reactive ketones (excluding diaryl/α,β-unsaturated/α-hetero) is 1. The molecule has 1 saturated carbocycles. The van der Waals surface area contributed by atoms with Crippen LogP contribution in [0.5, 0.6) is 11.5 Å². The van der Waals surface area contributed by atoms with Gasteiger partial charge in [0.25, 0.3) is 0 Å². The van der Waals surface area contributed by atoms with Crippen molar-refractivity contribution < 1.29 is 39.5 Å². The van der Waals surface area contributed by atoms with Gasteiger partial charge in [0.05, 0.1) is 24.9 Å². The number of esters is 1. The summed E-state index contributed by atoms with van der Waals surface area (Å²) in [6.07, 6.45) is -4.02. The van der Waals surface area contributed by atoms with E-state index in [1.807, 2.05) is 0 Å². The number of phenols is 1. The summed E-state index contributed by atoms with van der Waals surface area (Å²) in [5, 5.41) is 42.4. The second-order valence-corrected chi connectivity index (χ2v) is 7.11. The molecule has 3 rings (SSSR count). The Bertz CT molecular complexity index is 756. The summed E-state index contributed by atoms with van der Waals surface area (Å²) < 4.78 is 10.2. The Morgan fingerprint density at radius 1 is 1.31 bits per heavy atom. The van der Waals surface area contributed by atoms with Gasteiger partial charge in [0.1, 0.15) is 23.2 Å². The smallest absolute Gasteiger partial charge is 0.303 e. The van der Waals surface area contributed by atoms with E-state index in [0.717, 1.165) is 0 Å². The molecule has 0 aromatic heterocycles. The molecule has 1 aromatic carbocycles. The average molecular weight is 366 g/mol. The van der Waals surface area contributed by atoms with Crippen LogP contribution in [-0.2, 0) is 9.53 Å². The monoisotopic (exact) mass is 366 g/mol. The van der Waals surface area contributed by atoms with Crippen molar-refractivity contribution in [2.45, 2.75) is 44.2 Å². The zero-order valence-electron chi connectivity index (χ0n) is 14.7. The SMILES string of the molecule is COc1cc(O)c2c(c1)[C@H](O)[C@@H]1[C@H](C[C@@H](OC(C)=O)[C@@](C)(O)[C@@H]1O)C2=O. The quantitative estimate of drug-likeness (QED) is 0.550. The molecule has 1 aromatic rings. The van der Waals surface area contributed by atoms with Gasteiger partial charge in [0.15, 0.2) is 5.78 Å². The van der Waals surface area contributed by atoms with Crippen molar-refractivity contribution in [2.75, 3.05) is 7.11 Å². The number of hydrogen-bond acceptors (Lipinski definition) is 8. The fourth-order valence-corrected chi connectivity index (χ4v) is 4.10. The van der Waals surface area contributed by atoms with Gasteiger partial charge in [-0.15, -0.1) is 0 Å². The Labute approximate surface area is 150 Å². The lowest BCUT2D eigenvalue weighted by molar-refractivity contribution is -0.217. The Hall–Kier alpha value is -2.16. The minimum atomic E-state index is -1.84. The number of benzene rings is 1. The third kappa shape index (κ3) is 2.65. The second kappa shape index (κ2) is 6.22. The number of aliphatic hydroxyl groups is 3. The Kier molecular flexibility index (Phi) is 4.46. The maximum atomic E-state index is 13.0. The van der Waals surface area contributed by atoms with Crippen molar-refractivity contribution in [1.82, 2.24) is 0 Å². The highest BCUT2D eigenvalue weighted by atomic mass is 16.6. The van der Waals surface area contributed by atoms with E-state index in [1.54, 1.807) is 0 Å². The van der Waals surface area contributed by atoms with E-state index in [4.69, 9.17) is 9.47 Å². The van der Waals surface area contributed by atoms with Crippen LogP contribution in [0.25, 0.3) is 0 Å². The molecule has 2 aliphatic rings. The minimum Gasteiger partial charge on any atom is -0.507 e. The summed E-state index contributed by atoms with van der Waals surface area (Å²) in [6.45, 7) is 2.47. The fraction of sp³-hybridized carbons (Fsp3) is 0.556. The van der Waals surface area contributed by atoms with E-state index in [0.29, 0.717) is 0 Å². The van der Waals surface area contributed by atoms with Gasteiger partial charge < -0.3 is 29.9 Å². The highest BCUT2D eigenvalue weighted by molar-refractivity contribution is 6.03. The van der Waals surface area contributed by atoms with Crippen LogP contribution < -0.4 is 4.74 Å². The number of fused-ring (bicyclic) bond motifs is 2. The van der Waals surface area contributed by atoms with Gasteiger partial charge in [0.2, 0.25) is 0 Å². The van der Waals surface area contributed by atoms with Crippen LogP contribution in [0, 0.1) is 11.8 Å². The number of carbonyl (C=O) groups excluding carboxylic acids is 2. The first-order valence-electron chi connectivity index (χ1n) is 8.30. The van der Waals surface area contributed by atoms with Crippen LogP contribution in [-0.4, -0.2) is 57.1 Å². The number of hydrogen-bond donors (Lipinski definition) is 4. The van der Waals surface area contributed by atoms with Crippen LogP contribution in [0.3, 0.4) is 0 Å². The molecule has 2 aliphatic carbocycles. The number of methoxy groups -OCH3 is 1. The first-order chi connectivity index (χ1) is 12.1. The van der Waals surface area contributed by atoms with Gasteiger partial charge in [-0.05, 0) is 25.0 Å². The number of rotatable bonds is 2. The van der Waals surface area contributed by atoms with Crippen molar-refractivity contribution in [3.63, 3.8) is 0 Å². The average Bonchev–Trinajstić information content (AvgIpc) is 2.56. The van der Waals surface area contributed by atoms with E-state index in [9.17, 15) is 30.0 Å². The minimum absolute atomic E-state index is 0.0464. The normalized spacial score (nSPS) is 36.1. The van der Waals surface area contributed by atoms with Gasteiger partial charge in [-0.1, -0.05) is 0 Å². The van der Waals surface area contributed by atoms with Crippen LogP contribution in [0.1, 0.15) is 42.3 Å². The van der Waals surface area contributed by atoms with Gasteiger partial charge in [-0.25, -0.2) is 0 Å². The Balaban J connectivity index is 2.10. The molecule has 4 N–H and O–H groups in total. The molecular formula is C18H22O8. The molecular weight excluding hydrogens is 344 g/mol. The molecule has 0 amide bonds. The van der Waals surface area contributed by atoms with E-state index >= 15 is 0 Å². The largest absolute Gasteiger partial charge is 0.507 e. The zero-order chi connectivity index (χ0) is 19.4. The Morgan fingerprint density at radius 2 is 1.96 bits per heavy atom. The van der Waals surface area contributed by atoms with E-state index in [1.165, 1.54) is 33.1 Å². The number of aliphatic hydroxyl groups excluding tert-OH is 2. The summed E-state index contributed by atoms with van der Waals surface area (Å²) >= 11 is 0. The molecule has 0 aliphatic heterocycles. The first kappa shape index (κ1) is 18.6. The van der Waals surface area contributed by atoms with Gasteiger partial charge in [0, 0.05) is 24.8 Å². The molecule has 0 radical (unpaired) electrons. The third-order valence-electron chi connectivity index (χ3n) is 5.48. The van der Waals surface area contributed by atoms with Crippen molar-refractivity contribution in [1.29, 1.82) is 0 Å². The van der Waals surface area contributed by atoms with Gasteiger partial charge in [-0.2, -0.15) is 0 Å². The number of ether oxygens (including phenoxy) is 2. The predicted octanol–water partition coefficient (Wildman–Crippen LogP) is 0.310. The van der Waals surface area contributed by atoms with Crippen molar-refractivity contribution >= 4 is 11.8 Å². The molecule has 6 atom stereocenters. The van der Waals surface area contributed by atoms with Crippen molar-refractivity contribution in [3.05, 3.63) is 23.3 Å². The zero-order valence-corrected chi connectivity index (χ0v) is 14.7. The van der Waals surface area contributed by atoms with Crippen molar-refractivity contribution in [3.8, 4) is 11.5 Å². The lowest BCUT2D eigenvalue weighted by atomic mass is 9.60. The first-order valence-corrected chi connectivity index (χ1v) is 8.30. The van der Waals surface area contributed by atoms with Crippen LogP contribution in [0.2, 0.25) is 0 Å². The maximum absolute atomic E-state index is 13.0. The molecule has 26 heavy (non-hydrogen) atoms. The van der Waals surface area contributed by atoms with Crippen LogP contribution in [0.4, 0.5) is 0 Å². The summed E-state index contributed by atoms with van der Waals surface area (Å²) in [5.41, 5.74) is -1.75. The van der Waals surface area contributed by atoms with Crippen LogP contribution >= 0.6 is 0 Å². The topological polar surface area (TPSA) is 134 Å². The standard InChI is InChI=1S/C18H22O8/c1-7(19)26-12-6-10-14(17(23)18(12,2)24)16(22)9-4-8(25-3)5-11(20)13(9)15(10)21/h4-5,10,12,14,16-17,20,22-24H,6H2,1-3H3/t10-,12+,14-,16-,17+,18+/m0/s1. The fourth-order valence-electron chi connectivity index (χ4n) is 4.10. The summed E-state index contributed by atoms with van der Waals surface area (Å²) in [5.74, 6) is -3.15. The highest BCUT2D eigenvalue weighted by Crippen LogP contribution is 2.51. The molecule has 142 valence electrons. The molecule has 0 bridgehead atoms. The van der Waals surface area contributed by atoms with Gasteiger partial charge in [-0.3, -0.25) is 9.59 Å². The molecule has 8 heteroatoms. The summed E-state index contributed by atoms with van der Waals surface area (Å²) in [4.78, 5) is 24.3. The number of aromatic hydroxyl groups is 1. The van der Waals surface area contributed by atoms with E-state index < -0.39 is 47.5 Å². The molecule has 1 fully saturated rings. The molecule has 8 nitrogen and oxygen atoms in total. The lowest BCUT2D eigenvalue weighted by Gasteiger charge is -2.50. The van der Waals surface area contributed by atoms with Crippen LogP contribution in [0.15, 0.2) is 12.1 Å². The molecule has 0 saturated heterocycles. The van der Waals surface area contributed by atoms with E-state index in [-0.39, 0.29) is 29.0 Å². The molecule has 0 spiro atoms. The Morgan fingerprint density at radius 3 is 2.54 bits per heavy atom.